The molecular weight excluding hydrogens is 246 g/mol. The molecule has 0 fully saturated rings. The van der Waals surface area contributed by atoms with Crippen LogP contribution in [0.4, 0.5) is 4.79 Å². The standard InChI is InChI=1S/C14H19NO4/c1-5-18-12(16)9-8-11-7-6-10-15(11)13(17)19-14(2,3)4/h6-10H,5H2,1-4H3. The minimum absolute atomic E-state index is 0.316. The van der Waals surface area contributed by atoms with E-state index in [1.165, 1.54) is 16.7 Å². The summed E-state index contributed by atoms with van der Waals surface area (Å²) in [6, 6.07) is 3.41. The van der Waals surface area contributed by atoms with Gasteiger partial charge in [-0.2, -0.15) is 0 Å². The van der Waals surface area contributed by atoms with E-state index in [1.807, 2.05) is 0 Å². The van der Waals surface area contributed by atoms with Gasteiger partial charge >= 0.3 is 12.1 Å². The van der Waals surface area contributed by atoms with Crippen LogP contribution < -0.4 is 0 Å². The highest BCUT2D eigenvalue weighted by Gasteiger charge is 2.18. The fourth-order valence-corrected chi connectivity index (χ4v) is 1.35. The number of ether oxygens (including phenoxy) is 2. The van der Waals surface area contributed by atoms with E-state index in [0.717, 1.165) is 0 Å². The minimum atomic E-state index is -0.566. The number of aromatic nitrogens is 1. The lowest BCUT2D eigenvalue weighted by molar-refractivity contribution is -0.137. The Morgan fingerprint density at radius 3 is 2.63 bits per heavy atom. The van der Waals surface area contributed by atoms with E-state index in [4.69, 9.17) is 9.47 Å². The molecular formula is C14H19NO4. The topological polar surface area (TPSA) is 57.5 Å². The maximum Gasteiger partial charge on any atom is 0.418 e. The van der Waals surface area contributed by atoms with Crippen molar-refractivity contribution >= 4 is 18.1 Å². The van der Waals surface area contributed by atoms with Crippen molar-refractivity contribution in [3.8, 4) is 0 Å². The van der Waals surface area contributed by atoms with Crippen molar-refractivity contribution < 1.29 is 19.1 Å². The number of hydrogen-bond acceptors (Lipinski definition) is 4. The van der Waals surface area contributed by atoms with Crippen LogP contribution in [-0.4, -0.2) is 28.8 Å². The molecule has 0 radical (unpaired) electrons. The van der Waals surface area contributed by atoms with Crippen LogP contribution in [0.2, 0.25) is 0 Å². The predicted octanol–water partition coefficient (Wildman–Crippen LogP) is 2.85. The second-order valence-electron chi connectivity index (χ2n) is 4.87. The molecule has 0 aromatic carbocycles. The third-order valence-corrected chi connectivity index (χ3v) is 2.05. The number of rotatable bonds is 3. The quantitative estimate of drug-likeness (QED) is 0.623. The van der Waals surface area contributed by atoms with Crippen LogP contribution in [0.25, 0.3) is 6.08 Å². The Bertz CT molecular complexity index is 480. The minimum Gasteiger partial charge on any atom is -0.463 e. The summed E-state index contributed by atoms with van der Waals surface area (Å²) in [4.78, 5) is 23.1. The Hall–Kier alpha value is -2.04. The molecule has 0 aliphatic heterocycles. The Balaban J connectivity index is 2.81. The lowest BCUT2D eigenvalue weighted by Gasteiger charge is -2.20. The van der Waals surface area contributed by atoms with Gasteiger partial charge in [0.1, 0.15) is 5.60 Å². The largest absolute Gasteiger partial charge is 0.463 e. The van der Waals surface area contributed by atoms with Crippen LogP contribution in [0.15, 0.2) is 24.4 Å². The molecule has 5 nitrogen and oxygen atoms in total. The van der Waals surface area contributed by atoms with Crippen LogP contribution in [-0.2, 0) is 14.3 Å². The van der Waals surface area contributed by atoms with Gasteiger partial charge in [0.25, 0.3) is 0 Å². The summed E-state index contributed by atoms with van der Waals surface area (Å²) in [5, 5.41) is 0. The van der Waals surface area contributed by atoms with Crippen LogP contribution in [0.5, 0.6) is 0 Å². The number of nitrogens with zero attached hydrogens (tertiary/aromatic N) is 1. The molecule has 0 saturated carbocycles. The van der Waals surface area contributed by atoms with E-state index in [0.29, 0.717) is 12.3 Å². The highest BCUT2D eigenvalue weighted by molar-refractivity contribution is 5.87. The zero-order valence-electron chi connectivity index (χ0n) is 11.7. The van der Waals surface area contributed by atoms with Crippen molar-refractivity contribution in [1.29, 1.82) is 0 Å². The third-order valence-electron chi connectivity index (χ3n) is 2.05. The Morgan fingerprint density at radius 1 is 1.37 bits per heavy atom. The molecule has 0 spiro atoms. The van der Waals surface area contributed by atoms with Gasteiger partial charge in [-0.1, -0.05) is 0 Å². The van der Waals surface area contributed by atoms with E-state index < -0.39 is 17.7 Å². The van der Waals surface area contributed by atoms with Gasteiger partial charge in [-0.15, -0.1) is 0 Å². The molecule has 0 amide bonds. The zero-order valence-corrected chi connectivity index (χ0v) is 11.7. The van der Waals surface area contributed by atoms with E-state index >= 15 is 0 Å². The molecule has 1 heterocycles. The maximum atomic E-state index is 11.9. The first-order valence-electron chi connectivity index (χ1n) is 6.09. The average Bonchev–Trinajstić information content (AvgIpc) is 2.72. The number of carbonyl (C=O) groups is 2. The van der Waals surface area contributed by atoms with E-state index in [1.54, 1.807) is 46.0 Å². The second-order valence-corrected chi connectivity index (χ2v) is 4.87. The van der Waals surface area contributed by atoms with Crippen LogP contribution in [0.3, 0.4) is 0 Å². The molecule has 1 aromatic heterocycles. The number of hydrogen-bond donors (Lipinski definition) is 0. The van der Waals surface area contributed by atoms with Crippen LogP contribution in [0.1, 0.15) is 33.4 Å². The maximum absolute atomic E-state index is 11.9. The Labute approximate surface area is 112 Å². The summed E-state index contributed by atoms with van der Waals surface area (Å²) in [5.41, 5.74) is -0.00831. The first-order chi connectivity index (χ1) is 8.83. The molecule has 0 saturated heterocycles. The van der Waals surface area contributed by atoms with Crippen LogP contribution in [0, 0.1) is 0 Å². The van der Waals surface area contributed by atoms with Crippen molar-refractivity contribution in [2.45, 2.75) is 33.3 Å². The van der Waals surface area contributed by atoms with Gasteiger partial charge in [-0.25, -0.2) is 9.59 Å². The zero-order chi connectivity index (χ0) is 14.5. The summed E-state index contributed by atoms with van der Waals surface area (Å²) in [6.45, 7) is 7.43. The number of carbonyl (C=O) groups excluding carboxylic acids is 2. The highest BCUT2D eigenvalue weighted by atomic mass is 16.6. The van der Waals surface area contributed by atoms with Gasteiger partial charge in [-0.05, 0) is 45.9 Å². The lowest BCUT2D eigenvalue weighted by Crippen LogP contribution is -2.27. The normalized spacial score (nSPS) is 11.6. The van der Waals surface area contributed by atoms with Gasteiger partial charge in [0.2, 0.25) is 0 Å². The van der Waals surface area contributed by atoms with Crippen molar-refractivity contribution in [3.63, 3.8) is 0 Å². The summed E-state index contributed by atoms with van der Waals surface area (Å²) >= 11 is 0. The first-order valence-corrected chi connectivity index (χ1v) is 6.09. The van der Waals surface area contributed by atoms with E-state index in [2.05, 4.69) is 0 Å². The molecule has 0 aliphatic carbocycles. The Morgan fingerprint density at radius 2 is 2.05 bits per heavy atom. The summed E-state index contributed by atoms with van der Waals surface area (Å²) < 4.78 is 11.4. The third kappa shape index (κ3) is 4.99. The average molecular weight is 265 g/mol. The van der Waals surface area contributed by atoms with Crippen molar-refractivity contribution in [1.82, 2.24) is 4.57 Å². The summed E-state index contributed by atoms with van der Waals surface area (Å²) in [6.07, 6.45) is 3.89. The van der Waals surface area contributed by atoms with Gasteiger partial charge in [0.05, 0.1) is 12.3 Å². The molecule has 0 N–H and O–H groups in total. The van der Waals surface area contributed by atoms with Gasteiger partial charge in [0, 0.05) is 12.3 Å². The molecule has 0 aliphatic rings. The first kappa shape index (κ1) is 15.0. The smallest absolute Gasteiger partial charge is 0.418 e. The Kier molecular flexibility index (Phi) is 4.92. The molecule has 5 heteroatoms. The molecule has 0 unspecified atom stereocenters. The van der Waals surface area contributed by atoms with Gasteiger partial charge < -0.3 is 9.47 Å². The molecule has 1 rings (SSSR count). The molecule has 104 valence electrons. The summed E-state index contributed by atoms with van der Waals surface area (Å²) in [5.74, 6) is -0.445. The molecule has 0 bridgehead atoms. The lowest BCUT2D eigenvalue weighted by atomic mass is 10.2. The second kappa shape index (κ2) is 6.22. The molecule has 0 atom stereocenters. The SMILES string of the molecule is CCOC(=O)C=Cc1cccn1C(=O)OC(C)(C)C. The van der Waals surface area contributed by atoms with Crippen molar-refractivity contribution in [2.75, 3.05) is 6.61 Å². The fourth-order valence-electron chi connectivity index (χ4n) is 1.35. The number of esters is 1. The molecule has 1 aromatic rings. The van der Waals surface area contributed by atoms with Gasteiger partial charge in [-0.3, -0.25) is 4.57 Å². The van der Waals surface area contributed by atoms with Gasteiger partial charge in [0.15, 0.2) is 0 Å². The fraction of sp³-hybridized carbons (Fsp3) is 0.429. The van der Waals surface area contributed by atoms with Crippen molar-refractivity contribution in [3.05, 3.63) is 30.1 Å². The van der Waals surface area contributed by atoms with E-state index in [9.17, 15) is 9.59 Å². The predicted molar refractivity (Wildman–Crippen MR) is 71.7 cm³/mol. The van der Waals surface area contributed by atoms with E-state index in [-0.39, 0.29) is 0 Å². The molecule has 19 heavy (non-hydrogen) atoms. The van der Waals surface area contributed by atoms with Crippen molar-refractivity contribution in [2.24, 2.45) is 0 Å². The monoisotopic (exact) mass is 265 g/mol. The van der Waals surface area contributed by atoms with Crippen LogP contribution >= 0.6 is 0 Å². The highest BCUT2D eigenvalue weighted by Crippen LogP contribution is 2.12. The summed E-state index contributed by atoms with van der Waals surface area (Å²) in [7, 11) is 0.